The lowest BCUT2D eigenvalue weighted by atomic mass is 10.1. The van der Waals surface area contributed by atoms with Gasteiger partial charge >= 0.3 is 0 Å². The van der Waals surface area contributed by atoms with E-state index in [4.69, 9.17) is 16.3 Å². The van der Waals surface area contributed by atoms with Gasteiger partial charge in [-0.1, -0.05) is 29.3 Å². The fraction of sp³-hybridized carbons (Fsp3) is 0.143. The highest BCUT2D eigenvalue weighted by atomic mass is 35.5. The van der Waals surface area contributed by atoms with Crippen molar-refractivity contribution in [2.24, 2.45) is 0 Å². The van der Waals surface area contributed by atoms with Crippen LogP contribution in [0.25, 0.3) is 0 Å². The van der Waals surface area contributed by atoms with Crippen molar-refractivity contribution in [1.82, 2.24) is 0 Å². The predicted molar refractivity (Wildman–Crippen MR) is 68.6 cm³/mol. The quantitative estimate of drug-likeness (QED) is 0.907. The van der Waals surface area contributed by atoms with Gasteiger partial charge in [-0.25, -0.2) is 4.39 Å². The normalized spacial score (nSPS) is 10.4. The molecular formula is C14H12ClFO2. The van der Waals surface area contributed by atoms with Gasteiger partial charge in [-0.05, 0) is 25.1 Å². The van der Waals surface area contributed by atoms with Crippen LogP contribution in [0.4, 0.5) is 4.39 Å². The Hall–Kier alpha value is -1.58. The average molecular weight is 267 g/mol. The first-order chi connectivity index (χ1) is 8.60. The van der Waals surface area contributed by atoms with E-state index in [1.807, 2.05) is 19.1 Å². The smallest absolute Gasteiger partial charge is 0.145 e. The molecule has 0 unspecified atom stereocenters. The van der Waals surface area contributed by atoms with Crippen molar-refractivity contribution in [1.29, 1.82) is 0 Å². The van der Waals surface area contributed by atoms with Gasteiger partial charge < -0.3 is 9.84 Å². The van der Waals surface area contributed by atoms with Crippen LogP contribution in [0.3, 0.4) is 0 Å². The molecule has 0 spiro atoms. The van der Waals surface area contributed by atoms with E-state index in [9.17, 15) is 9.50 Å². The van der Waals surface area contributed by atoms with Gasteiger partial charge in [-0.3, -0.25) is 0 Å². The van der Waals surface area contributed by atoms with Gasteiger partial charge in [0, 0.05) is 11.6 Å². The Morgan fingerprint density at radius 2 is 2.00 bits per heavy atom. The Kier molecular flexibility index (Phi) is 3.84. The van der Waals surface area contributed by atoms with Gasteiger partial charge in [0.15, 0.2) is 0 Å². The molecule has 0 saturated carbocycles. The lowest BCUT2D eigenvalue weighted by Gasteiger charge is -2.10. The van der Waals surface area contributed by atoms with Crippen LogP contribution in [-0.2, 0) is 6.61 Å². The zero-order valence-electron chi connectivity index (χ0n) is 9.78. The Morgan fingerprint density at radius 3 is 2.67 bits per heavy atom. The van der Waals surface area contributed by atoms with Gasteiger partial charge in [-0.2, -0.15) is 0 Å². The molecule has 2 aromatic rings. The third-order valence-corrected chi connectivity index (χ3v) is 2.81. The van der Waals surface area contributed by atoms with E-state index >= 15 is 0 Å². The van der Waals surface area contributed by atoms with Gasteiger partial charge in [0.1, 0.15) is 17.3 Å². The third kappa shape index (κ3) is 2.81. The van der Waals surface area contributed by atoms with Crippen molar-refractivity contribution in [2.75, 3.05) is 0 Å². The maximum Gasteiger partial charge on any atom is 0.145 e. The number of ether oxygens (including phenoxy) is 1. The average Bonchev–Trinajstić information content (AvgIpc) is 2.36. The summed E-state index contributed by atoms with van der Waals surface area (Å²) in [7, 11) is 0. The lowest BCUT2D eigenvalue weighted by molar-refractivity contribution is 0.276. The molecule has 0 atom stereocenters. The maximum absolute atomic E-state index is 13.3. The number of halogens is 2. The zero-order chi connectivity index (χ0) is 13.1. The second kappa shape index (κ2) is 5.38. The molecule has 4 heteroatoms. The van der Waals surface area contributed by atoms with E-state index in [0.29, 0.717) is 17.1 Å². The van der Waals surface area contributed by atoms with Crippen molar-refractivity contribution < 1.29 is 14.2 Å². The number of hydrogen-bond donors (Lipinski definition) is 1. The molecule has 0 amide bonds. The van der Waals surface area contributed by atoms with E-state index in [0.717, 1.165) is 5.56 Å². The summed E-state index contributed by atoms with van der Waals surface area (Å²) >= 11 is 5.59. The third-order valence-electron chi connectivity index (χ3n) is 2.51. The second-order valence-electron chi connectivity index (χ2n) is 3.95. The van der Waals surface area contributed by atoms with Crippen LogP contribution in [-0.4, -0.2) is 5.11 Å². The Morgan fingerprint density at radius 1 is 1.22 bits per heavy atom. The first-order valence-corrected chi connectivity index (χ1v) is 5.81. The van der Waals surface area contributed by atoms with Crippen LogP contribution in [0.2, 0.25) is 5.02 Å². The highest BCUT2D eigenvalue weighted by Gasteiger charge is 2.07. The van der Waals surface area contributed by atoms with Gasteiger partial charge in [0.2, 0.25) is 0 Å². The molecule has 0 bridgehead atoms. The van der Waals surface area contributed by atoms with E-state index in [-0.39, 0.29) is 11.6 Å². The minimum atomic E-state index is -0.535. The molecular weight excluding hydrogens is 255 g/mol. The molecule has 0 fully saturated rings. The topological polar surface area (TPSA) is 29.5 Å². The number of aliphatic hydroxyl groups excluding tert-OH is 1. The molecule has 1 N–H and O–H groups in total. The van der Waals surface area contributed by atoms with Crippen LogP contribution in [0.15, 0.2) is 36.4 Å². The summed E-state index contributed by atoms with van der Waals surface area (Å²) in [4.78, 5) is 0. The Balaban J connectivity index is 2.30. The molecule has 0 aromatic heterocycles. The van der Waals surface area contributed by atoms with Crippen molar-refractivity contribution in [2.45, 2.75) is 13.5 Å². The summed E-state index contributed by atoms with van der Waals surface area (Å²) < 4.78 is 18.8. The van der Waals surface area contributed by atoms with Crippen LogP contribution < -0.4 is 4.74 Å². The van der Waals surface area contributed by atoms with Crippen LogP contribution in [0, 0.1) is 12.7 Å². The monoisotopic (exact) mass is 266 g/mol. The van der Waals surface area contributed by atoms with E-state index in [1.165, 1.54) is 12.1 Å². The summed E-state index contributed by atoms with van der Waals surface area (Å²) in [5, 5.41) is 9.29. The van der Waals surface area contributed by atoms with Crippen LogP contribution in [0.5, 0.6) is 11.5 Å². The maximum atomic E-state index is 13.3. The second-order valence-corrected chi connectivity index (χ2v) is 4.35. The van der Waals surface area contributed by atoms with Crippen molar-refractivity contribution in [3.05, 3.63) is 58.4 Å². The first kappa shape index (κ1) is 12.9. The number of rotatable bonds is 3. The van der Waals surface area contributed by atoms with Gasteiger partial charge in [0.05, 0.1) is 11.6 Å². The SMILES string of the molecule is Cc1ccc(Oc2ccc(Cl)c(F)c2)c(CO)c1. The van der Waals surface area contributed by atoms with E-state index < -0.39 is 5.82 Å². The summed E-state index contributed by atoms with van der Waals surface area (Å²) in [5.74, 6) is 0.312. The molecule has 2 aromatic carbocycles. The summed E-state index contributed by atoms with van der Waals surface area (Å²) in [6.07, 6.45) is 0. The molecule has 0 heterocycles. The summed E-state index contributed by atoms with van der Waals surface area (Å²) in [5.41, 5.74) is 1.68. The number of aliphatic hydroxyl groups is 1. The Labute approximate surface area is 110 Å². The minimum Gasteiger partial charge on any atom is -0.457 e. The molecule has 0 aliphatic rings. The van der Waals surface area contributed by atoms with Crippen molar-refractivity contribution in [3.8, 4) is 11.5 Å². The predicted octanol–water partition coefficient (Wildman–Crippen LogP) is 4.07. The molecule has 94 valence electrons. The fourth-order valence-electron chi connectivity index (χ4n) is 1.60. The van der Waals surface area contributed by atoms with Gasteiger partial charge in [0.25, 0.3) is 0 Å². The molecule has 0 saturated heterocycles. The largest absolute Gasteiger partial charge is 0.457 e. The standard InChI is InChI=1S/C14H12ClFO2/c1-9-2-5-14(10(6-9)8-17)18-11-3-4-12(15)13(16)7-11/h2-7,17H,8H2,1H3. The molecule has 0 aliphatic heterocycles. The lowest BCUT2D eigenvalue weighted by Crippen LogP contribution is -1.93. The molecule has 0 radical (unpaired) electrons. The first-order valence-electron chi connectivity index (χ1n) is 5.43. The fourth-order valence-corrected chi connectivity index (χ4v) is 1.72. The molecule has 2 nitrogen and oxygen atoms in total. The molecule has 0 aliphatic carbocycles. The number of benzene rings is 2. The van der Waals surface area contributed by atoms with Crippen LogP contribution in [0.1, 0.15) is 11.1 Å². The highest BCUT2D eigenvalue weighted by molar-refractivity contribution is 6.30. The Bertz CT molecular complexity index is 570. The van der Waals surface area contributed by atoms with Crippen LogP contribution >= 0.6 is 11.6 Å². The molecule has 2 rings (SSSR count). The number of hydrogen-bond acceptors (Lipinski definition) is 2. The van der Waals surface area contributed by atoms with Crippen molar-refractivity contribution in [3.63, 3.8) is 0 Å². The number of aryl methyl sites for hydroxylation is 1. The summed E-state index contributed by atoms with van der Waals surface area (Å²) in [6.45, 7) is 1.79. The van der Waals surface area contributed by atoms with Gasteiger partial charge in [-0.15, -0.1) is 0 Å². The van der Waals surface area contributed by atoms with E-state index in [2.05, 4.69) is 0 Å². The molecule has 18 heavy (non-hydrogen) atoms. The summed E-state index contributed by atoms with van der Waals surface area (Å²) in [6, 6.07) is 9.64. The highest BCUT2D eigenvalue weighted by Crippen LogP contribution is 2.28. The van der Waals surface area contributed by atoms with E-state index in [1.54, 1.807) is 12.1 Å². The van der Waals surface area contributed by atoms with Crippen molar-refractivity contribution >= 4 is 11.6 Å². The zero-order valence-corrected chi connectivity index (χ0v) is 10.5. The minimum absolute atomic E-state index is 0.0497.